The van der Waals surface area contributed by atoms with Crippen LogP contribution in [0.15, 0.2) is 29.2 Å². The van der Waals surface area contributed by atoms with Crippen molar-refractivity contribution >= 4 is 17.4 Å². The fourth-order valence-electron chi connectivity index (χ4n) is 2.34. The van der Waals surface area contributed by atoms with Gasteiger partial charge in [-0.3, -0.25) is 0 Å². The molecule has 88 valence electrons. The van der Waals surface area contributed by atoms with Crippen LogP contribution in [0.4, 0.5) is 5.69 Å². The molecule has 0 saturated heterocycles. The minimum absolute atomic E-state index is 0.382. The van der Waals surface area contributed by atoms with Crippen LogP contribution in [0.25, 0.3) is 0 Å². The van der Waals surface area contributed by atoms with Crippen LogP contribution in [0.2, 0.25) is 0 Å². The highest BCUT2D eigenvalue weighted by atomic mass is 32.2. The van der Waals surface area contributed by atoms with Crippen molar-refractivity contribution in [3.63, 3.8) is 0 Å². The van der Waals surface area contributed by atoms with Crippen LogP contribution >= 0.6 is 11.8 Å². The first-order valence-corrected chi connectivity index (χ1v) is 7.17. The van der Waals surface area contributed by atoms with Gasteiger partial charge in [0.25, 0.3) is 0 Å². The van der Waals surface area contributed by atoms with E-state index in [2.05, 4.69) is 35.8 Å². The summed E-state index contributed by atoms with van der Waals surface area (Å²) in [6, 6.07) is 9.43. The molecule has 2 atom stereocenters. The van der Waals surface area contributed by atoms with E-state index in [0.29, 0.717) is 12.1 Å². The van der Waals surface area contributed by atoms with Crippen molar-refractivity contribution in [3.8, 4) is 0 Å². The molecule has 0 aliphatic heterocycles. The van der Waals surface area contributed by atoms with E-state index in [1.54, 1.807) is 11.8 Å². The highest BCUT2D eigenvalue weighted by molar-refractivity contribution is 7.98. The number of hydrogen-bond acceptors (Lipinski definition) is 3. The molecule has 2 unspecified atom stereocenters. The van der Waals surface area contributed by atoms with Crippen LogP contribution < -0.4 is 11.1 Å². The van der Waals surface area contributed by atoms with E-state index in [4.69, 9.17) is 5.73 Å². The summed E-state index contributed by atoms with van der Waals surface area (Å²) in [6.07, 6.45) is 6.90. The molecule has 0 amide bonds. The average molecular weight is 236 g/mol. The van der Waals surface area contributed by atoms with Gasteiger partial charge in [-0.05, 0) is 44.1 Å². The van der Waals surface area contributed by atoms with Crippen molar-refractivity contribution < 1.29 is 0 Å². The van der Waals surface area contributed by atoms with Crippen LogP contribution in [0, 0.1) is 0 Å². The summed E-state index contributed by atoms with van der Waals surface area (Å²) >= 11 is 1.79. The summed E-state index contributed by atoms with van der Waals surface area (Å²) in [6.45, 7) is 0. The highest BCUT2D eigenvalue weighted by Crippen LogP contribution is 2.28. The monoisotopic (exact) mass is 236 g/mol. The molecule has 1 aromatic carbocycles. The van der Waals surface area contributed by atoms with Crippen LogP contribution in [-0.4, -0.2) is 18.3 Å². The number of anilines is 1. The molecule has 1 fully saturated rings. The predicted octanol–water partition coefficient (Wildman–Crippen LogP) is 3.09. The van der Waals surface area contributed by atoms with Crippen molar-refractivity contribution in [2.75, 3.05) is 11.6 Å². The smallest absolute Gasteiger partial charge is 0.0480 e. The van der Waals surface area contributed by atoms with Crippen molar-refractivity contribution in [2.45, 2.75) is 42.7 Å². The van der Waals surface area contributed by atoms with E-state index in [1.165, 1.54) is 29.8 Å². The van der Waals surface area contributed by atoms with Gasteiger partial charge in [-0.15, -0.1) is 11.8 Å². The van der Waals surface area contributed by atoms with E-state index in [0.717, 1.165) is 6.42 Å². The van der Waals surface area contributed by atoms with Gasteiger partial charge < -0.3 is 11.1 Å². The molecule has 3 N–H and O–H groups in total. The van der Waals surface area contributed by atoms with Crippen molar-refractivity contribution in [2.24, 2.45) is 5.73 Å². The quantitative estimate of drug-likeness (QED) is 0.792. The molecule has 0 aromatic heterocycles. The number of para-hydroxylation sites is 1. The van der Waals surface area contributed by atoms with E-state index >= 15 is 0 Å². The summed E-state index contributed by atoms with van der Waals surface area (Å²) in [5, 5.41) is 3.63. The lowest BCUT2D eigenvalue weighted by atomic mass is 9.91. The maximum atomic E-state index is 6.00. The minimum Gasteiger partial charge on any atom is -0.381 e. The molecule has 1 saturated carbocycles. The second-order valence-corrected chi connectivity index (χ2v) is 5.32. The lowest BCUT2D eigenvalue weighted by Gasteiger charge is -2.28. The van der Waals surface area contributed by atoms with Crippen LogP contribution in [0.5, 0.6) is 0 Å². The van der Waals surface area contributed by atoms with Crippen molar-refractivity contribution in [3.05, 3.63) is 24.3 Å². The molecule has 2 rings (SSSR count). The Hall–Kier alpha value is -0.670. The number of nitrogens with one attached hydrogen (secondary N) is 1. The molecule has 0 bridgehead atoms. The zero-order valence-electron chi connectivity index (χ0n) is 9.78. The van der Waals surface area contributed by atoms with E-state index in [1.807, 2.05) is 0 Å². The van der Waals surface area contributed by atoms with Gasteiger partial charge in [-0.1, -0.05) is 12.1 Å². The Bertz CT molecular complexity index is 340. The van der Waals surface area contributed by atoms with E-state index in [-0.39, 0.29) is 0 Å². The molecule has 1 aromatic rings. The van der Waals surface area contributed by atoms with Gasteiger partial charge in [0, 0.05) is 22.7 Å². The first-order valence-electron chi connectivity index (χ1n) is 5.94. The predicted molar refractivity (Wildman–Crippen MR) is 72.1 cm³/mol. The number of benzene rings is 1. The SMILES string of the molecule is CSc1ccccc1NC1CCCC(N)C1. The largest absolute Gasteiger partial charge is 0.381 e. The van der Waals surface area contributed by atoms with Gasteiger partial charge in [0.1, 0.15) is 0 Å². The Kier molecular flexibility index (Phi) is 4.13. The number of hydrogen-bond donors (Lipinski definition) is 2. The summed E-state index contributed by atoms with van der Waals surface area (Å²) in [7, 11) is 0. The molecule has 2 nitrogen and oxygen atoms in total. The summed E-state index contributed by atoms with van der Waals surface area (Å²) in [4.78, 5) is 1.32. The maximum Gasteiger partial charge on any atom is 0.0480 e. The first kappa shape index (κ1) is 11.8. The first-order chi connectivity index (χ1) is 7.79. The van der Waals surface area contributed by atoms with Gasteiger partial charge in [-0.2, -0.15) is 0 Å². The highest BCUT2D eigenvalue weighted by Gasteiger charge is 2.19. The minimum atomic E-state index is 0.382. The Labute approximate surface area is 102 Å². The van der Waals surface area contributed by atoms with Crippen molar-refractivity contribution in [1.82, 2.24) is 0 Å². The molecular formula is C13H20N2S. The lowest BCUT2D eigenvalue weighted by molar-refractivity contribution is 0.409. The van der Waals surface area contributed by atoms with Crippen LogP contribution in [0.3, 0.4) is 0 Å². The third-order valence-corrected chi connectivity index (χ3v) is 3.98. The van der Waals surface area contributed by atoms with Crippen molar-refractivity contribution in [1.29, 1.82) is 0 Å². The molecular weight excluding hydrogens is 216 g/mol. The standard InChI is InChI=1S/C13H20N2S/c1-16-13-8-3-2-7-12(13)15-11-6-4-5-10(14)9-11/h2-3,7-8,10-11,15H,4-6,9,14H2,1H3. The molecule has 1 aliphatic carbocycles. The normalized spacial score (nSPS) is 25.4. The Morgan fingerprint density at radius 3 is 2.88 bits per heavy atom. The van der Waals surface area contributed by atoms with E-state index < -0.39 is 0 Å². The van der Waals surface area contributed by atoms with Gasteiger partial charge in [0.2, 0.25) is 0 Å². The fraction of sp³-hybridized carbons (Fsp3) is 0.538. The van der Waals surface area contributed by atoms with Crippen LogP contribution in [-0.2, 0) is 0 Å². The Morgan fingerprint density at radius 2 is 2.12 bits per heavy atom. The molecule has 0 heterocycles. The second kappa shape index (κ2) is 5.60. The maximum absolute atomic E-state index is 6.00. The van der Waals surface area contributed by atoms with Crippen LogP contribution in [0.1, 0.15) is 25.7 Å². The summed E-state index contributed by atoms with van der Waals surface area (Å²) < 4.78 is 0. The Balaban J connectivity index is 2.02. The molecule has 3 heteroatoms. The summed E-state index contributed by atoms with van der Waals surface area (Å²) in [5.74, 6) is 0. The van der Waals surface area contributed by atoms with E-state index in [9.17, 15) is 0 Å². The average Bonchev–Trinajstić information content (AvgIpc) is 2.30. The van der Waals surface area contributed by atoms with Gasteiger partial charge in [-0.25, -0.2) is 0 Å². The molecule has 1 aliphatic rings. The Morgan fingerprint density at radius 1 is 1.31 bits per heavy atom. The molecule has 0 spiro atoms. The number of rotatable bonds is 3. The topological polar surface area (TPSA) is 38.0 Å². The van der Waals surface area contributed by atoms with Gasteiger partial charge in [0.15, 0.2) is 0 Å². The second-order valence-electron chi connectivity index (χ2n) is 4.47. The van der Waals surface area contributed by atoms with Gasteiger partial charge in [0.05, 0.1) is 0 Å². The third kappa shape index (κ3) is 2.92. The number of nitrogens with two attached hydrogens (primary N) is 1. The molecule has 0 radical (unpaired) electrons. The van der Waals surface area contributed by atoms with Gasteiger partial charge >= 0.3 is 0 Å². The zero-order chi connectivity index (χ0) is 11.4. The molecule has 16 heavy (non-hydrogen) atoms. The lowest BCUT2D eigenvalue weighted by Crippen LogP contribution is -2.34. The zero-order valence-corrected chi connectivity index (χ0v) is 10.6. The third-order valence-electron chi connectivity index (χ3n) is 3.18. The fourth-order valence-corrected chi connectivity index (χ4v) is 2.90. The summed E-state index contributed by atoms with van der Waals surface area (Å²) in [5.41, 5.74) is 7.26. The number of thioether (sulfide) groups is 1.